The van der Waals surface area contributed by atoms with Gasteiger partial charge in [0.25, 0.3) is 0 Å². The molecule has 1 N–H and O–H groups in total. The van der Waals surface area contributed by atoms with Gasteiger partial charge in [-0.2, -0.15) is 0 Å². The maximum Gasteiger partial charge on any atom is 0.244 e. The first-order valence-corrected chi connectivity index (χ1v) is 13.7. The summed E-state index contributed by atoms with van der Waals surface area (Å²) >= 11 is 0. The predicted molar refractivity (Wildman–Crippen MR) is 145 cm³/mol. The van der Waals surface area contributed by atoms with Gasteiger partial charge in [-0.3, -0.25) is 13.9 Å². The molecule has 0 aliphatic carbocycles. The van der Waals surface area contributed by atoms with Crippen LogP contribution in [-0.4, -0.2) is 58.1 Å². The third-order valence-electron chi connectivity index (χ3n) is 5.97. The van der Waals surface area contributed by atoms with Gasteiger partial charge in [0.15, 0.2) is 0 Å². The molecule has 0 heterocycles. The predicted octanol–water partition coefficient (Wildman–Crippen LogP) is 3.16. The van der Waals surface area contributed by atoms with Crippen molar-refractivity contribution in [3.63, 3.8) is 0 Å². The van der Waals surface area contributed by atoms with Crippen LogP contribution in [0, 0.1) is 6.92 Å². The average Bonchev–Trinajstić information content (AvgIpc) is 2.88. The fourth-order valence-corrected chi connectivity index (χ4v) is 4.93. The van der Waals surface area contributed by atoms with Gasteiger partial charge in [-0.25, -0.2) is 8.42 Å². The highest BCUT2D eigenvalue weighted by Crippen LogP contribution is 2.22. The van der Waals surface area contributed by atoms with E-state index in [9.17, 15) is 18.0 Å². The van der Waals surface area contributed by atoms with E-state index >= 15 is 0 Å². The summed E-state index contributed by atoms with van der Waals surface area (Å²) in [5.41, 5.74) is 2.87. The highest BCUT2D eigenvalue weighted by atomic mass is 32.2. The van der Waals surface area contributed by atoms with E-state index in [1.165, 1.54) is 11.9 Å². The van der Waals surface area contributed by atoms with Gasteiger partial charge >= 0.3 is 0 Å². The van der Waals surface area contributed by atoms with E-state index in [0.717, 1.165) is 27.3 Å². The molecule has 0 aromatic heterocycles. The van der Waals surface area contributed by atoms with Crippen LogP contribution < -0.4 is 14.4 Å². The highest BCUT2D eigenvalue weighted by molar-refractivity contribution is 7.92. The number of carbonyl (C=O) groups is 2. The molecule has 3 aromatic rings. The van der Waals surface area contributed by atoms with Gasteiger partial charge in [0.05, 0.1) is 19.1 Å². The summed E-state index contributed by atoms with van der Waals surface area (Å²) in [5, 5.41) is 2.66. The maximum atomic E-state index is 13.9. The molecule has 0 aliphatic heterocycles. The molecular formula is C28H33N3O5S. The molecule has 3 rings (SSSR count). The van der Waals surface area contributed by atoms with Gasteiger partial charge in [0, 0.05) is 20.0 Å². The third-order valence-corrected chi connectivity index (χ3v) is 7.11. The Hall–Kier alpha value is -3.85. The molecule has 0 fully saturated rings. The largest absolute Gasteiger partial charge is 0.497 e. The minimum atomic E-state index is -3.79. The number of rotatable bonds is 11. The van der Waals surface area contributed by atoms with Crippen LogP contribution in [0.15, 0.2) is 78.9 Å². The van der Waals surface area contributed by atoms with Crippen LogP contribution >= 0.6 is 0 Å². The van der Waals surface area contributed by atoms with E-state index in [-0.39, 0.29) is 18.9 Å². The van der Waals surface area contributed by atoms with Gasteiger partial charge in [-0.05, 0) is 47.9 Å². The van der Waals surface area contributed by atoms with Crippen molar-refractivity contribution in [3.05, 3.63) is 95.6 Å². The topological polar surface area (TPSA) is 96.0 Å². The van der Waals surface area contributed by atoms with Crippen LogP contribution in [0.25, 0.3) is 0 Å². The third kappa shape index (κ3) is 7.57. The number of sulfonamides is 1. The van der Waals surface area contributed by atoms with Crippen molar-refractivity contribution in [2.45, 2.75) is 25.9 Å². The number of likely N-dealkylation sites (N-methyl/N-ethyl adjacent to an activating group) is 1. The highest BCUT2D eigenvalue weighted by Gasteiger charge is 2.32. The molecule has 3 aromatic carbocycles. The van der Waals surface area contributed by atoms with Gasteiger partial charge in [0.1, 0.15) is 18.3 Å². The van der Waals surface area contributed by atoms with E-state index in [4.69, 9.17) is 4.74 Å². The van der Waals surface area contributed by atoms with Crippen molar-refractivity contribution in [2.24, 2.45) is 0 Å². The molecule has 0 radical (unpaired) electrons. The number of ether oxygens (including phenoxy) is 1. The zero-order valence-corrected chi connectivity index (χ0v) is 22.4. The molecule has 8 nitrogen and oxygen atoms in total. The Bertz CT molecular complexity index is 1330. The minimum Gasteiger partial charge on any atom is -0.497 e. The Labute approximate surface area is 218 Å². The van der Waals surface area contributed by atoms with Crippen molar-refractivity contribution in [1.82, 2.24) is 10.2 Å². The van der Waals surface area contributed by atoms with Crippen LogP contribution in [0.1, 0.15) is 16.7 Å². The molecule has 0 bridgehead atoms. The van der Waals surface area contributed by atoms with Crippen molar-refractivity contribution in [3.8, 4) is 5.75 Å². The summed E-state index contributed by atoms with van der Waals surface area (Å²) in [6.07, 6.45) is 1.33. The van der Waals surface area contributed by atoms with Gasteiger partial charge in [0.2, 0.25) is 21.8 Å². The number of amides is 2. The number of benzene rings is 3. The van der Waals surface area contributed by atoms with Crippen molar-refractivity contribution >= 4 is 27.5 Å². The first kappa shape index (κ1) is 27.7. The van der Waals surface area contributed by atoms with Gasteiger partial charge in [-0.15, -0.1) is 0 Å². The molecule has 37 heavy (non-hydrogen) atoms. The van der Waals surface area contributed by atoms with Crippen LogP contribution in [0.3, 0.4) is 0 Å². The molecule has 0 unspecified atom stereocenters. The second-order valence-corrected chi connectivity index (χ2v) is 10.7. The lowest BCUT2D eigenvalue weighted by atomic mass is 10.0. The van der Waals surface area contributed by atoms with Crippen molar-refractivity contribution < 1.29 is 22.7 Å². The lowest BCUT2D eigenvalue weighted by molar-refractivity contribution is -0.139. The number of methoxy groups -OCH3 is 1. The quantitative estimate of drug-likeness (QED) is 0.417. The van der Waals surface area contributed by atoms with E-state index < -0.39 is 28.5 Å². The van der Waals surface area contributed by atoms with E-state index in [1.807, 2.05) is 49.4 Å². The Morgan fingerprint density at radius 1 is 0.946 bits per heavy atom. The summed E-state index contributed by atoms with van der Waals surface area (Å²) in [7, 11) is -0.722. The van der Waals surface area contributed by atoms with Crippen LogP contribution in [0.5, 0.6) is 5.75 Å². The number of hydrogen-bond acceptors (Lipinski definition) is 5. The second kappa shape index (κ2) is 12.4. The minimum absolute atomic E-state index is 0.0897. The summed E-state index contributed by atoms with van der Waals surface area (Å²) in [6.45, 7) is 1.49. The maximum absolute atomic E-state index is 13.9. The number of nitrogens with one attached hydrogen (secondary N) is 1. The SMILES string of the molecule is CNC(=O)[C@H](Cc1ccccc1)N(Cc1cccc(OC)c1)C(=O)CN(c1cccc(C)c1)S(C)(=O)=O. The fourth-order valence-electron chi connectivity index (χ4n) is 4.08. The van der Waals surface area contributed by atoms with Crippen molar-refractivity contribution in [1.29, 1.82) is 0 Å². The van der Waals surface area contributed by atoms with Crippen LogP contribution in [-0.2, 0) is 32.6 Å². The standard InChI is InChI=1S/C28H33N3O5S/c1-21-10-8-14-24(16-21)31(37(4,34)35)20-27(32)30(19-23-13-9-15-25(17-23)36-3)26(28(33)29-2)18-22-11-6-5-7-12-22/h5-17,26H,18-20H2,1-4H3,(H,29,33)/t26-/m0/s1. The van der Waals surface area contributed by atoms with Crippen LogP contribution in [0.2, 0.25) is 0 Å². The van der Waals surface area contributed by atoms with Crippen LogP contribution in [0.4, 0.5) is 5.69 Å². The zero-order valence-electron chi connectivity index (χ0n) is 21.5. The first-order chi connectivity index (χ1) is 17.6. The van der Waals surface area contributed by atoms with E-state index in [1.54, 1.807) is 43.5 Å². The Balaban J connectivity index is 2.03. The zero-order chi connectivity index (χ0) is 27.0. The van der Waals surface area contributed by atoms with E-state index in [0.29, 0.717) is 11.4 Å². The lowest BCUT2D eigenvalue weighted by Gasteiger charge is -2.33. The number of hydrogen-bond donors (Lipinski definition) is 1. The molecule has 196 valence electrons. The normalized spacial score (nSPS) is 11.9. The molecular weight excluding hydrogens is 490 g/mol. The number of carbonyl (C=O) groups excluding carboxylic acids is 2. The monoisotopic (exact) mass is 523 g/mol. The number of nitrogens with zero attached hydrogens (tertiary/aromatic N) is 2. The Kier molecular flexibility index (Phi) is 9.30. The molecule has 9 heteroatoms. The summed E-state index contributed by atoms with van der Waals surface area (Å²) in [5.74, 6) is -0.234. The van der Waals surface area contributed by atoms with Gasteiger partial charge < -0.3 is 15.0 Å². The molecule has 0 aliphatic rings. The lowest BCUT2D eigenvalue weighted by Crippen LogP contribution is -2.52. The molecule has 0 spiro atoms. The number of anilines is 1. The molecule has 0 saturated heterocycles. The molecule has 1 atom stereocenters. The average molecular weight is 524 g/mol. The molecule has 0 saturated carbocycles. The van der Waals surface area contributed by atoms with Gasteiger partial charge in [-0.1, -0.05) is 54.6 Å². The van der Waals surface area contributed by atoms with Crippen molar-refractivity contribution in [2.75, 3.05) is 31.3 Å². The summed E-state index contributed by atoms with van der Waals surface area (Å²) in [6, 6.07) is 22.7. The molecule has 2 amide bonds. The Morgan fingerprint density at radius 2 is 1.62 bits per heavy atom. The summed E-state index contributed by atoms with van der Waals surface area (Å²) in [4.78, 5) is 28.4. The fraction of sp³-hybridized carbons (Fsp3) is 0.286. The second-order valence-electron chi connectivity index (χ2n) is 8.80. The number of aryl methyl sites for hydroxylation is 1. The first-order valence-electron chi connectivity index (χ1n) is 11.8. The Morgan fingerprint density at radius 3 is 2.24 bits per heavy atom. The van der Waals surface area contributed by atoms with E-state index in [2.05, 4.69) is 5.32 Å². The smallest absolute Gasteiger partial charge is 0.244 e. The summed E-state index contributed by atoms with van der Waals surface area (Å²) < 4.78 is 31.9.